The topological polar surface area (TPSA) is 146 Å². The number of phenols is 2. The molecule has 2 N–H and O–H groups in total. The van der Waals surface area contributed by atoms with Gasteiger partial charge in [-0.1, -0.05) is 68.1 Å². The molecule has 0 fully saturated rings. The molecule has 43 heavy (non-hydrogen) atoms. The molecule has 0 spiro atoms. The van der Waals surface area contributed by atoms with Gasteiger partial charge in [-0.2, -0.15) is 0 Å². The molecular formula is C33H32O10. The fraction of sp³-hybridized carbons (Fsp3) is 0.152. The van der Waals surface area contributed by atoms with E-state index in [1.807, 2.05) is 60.7 Å². The summed E-state index contributed by atoms with van der Waals surface area (Å²) in [5, 5.41) is 19.1. The first-order valence-corrected chi connectivity index (χ1v) is 12.5. The van der Waals surface area contributed by atoms with Crippen LogP contribution in [0.3, 0.4) is 0 Å². The van der Waals surface area contributed by atoms with E-state index in [1.54, 1.807) is 0 Å². The third-order valence-electron chi connectivity index (χ3n) is 5.42. The first kappa shape index (κ1) is 33.6. The average Bonchev–Trinajstić information content (AvgIpc) is 2.98. The van der Waals surface area contributed by atoms with Crippen LogP contribution in [0.4, 0.5) is 0 Å². The molecule has 0 aliphatic rings. The van der Waals surface area contributed by atoms with Crippen LogP contribution in [0.2, 0.25) is 0 Å². The summed E-state index contributed by atoms with van der Waals surface area (Å²) in [7, 11) is 0. The van der Waals surface area contributed by atoms with Gasteiger partial charge in [0.05, 0.1) is 11.1 Å². The molecule has 0 heterocycles. The minimum Gasteiger partial charge on any atom is -0.507 e. The molecule has 0 aliphatic carbocycles. The van der Waals surface area contributed by atoms with Crippen molar-refractivity contribution in [2.24, 2.45) is 0 Å². The molecule has 0 saturated heterocycles. The lowest BCUT2D eigenvalue weighted by atomic mass is 10.2. The summed E-state index contributed by atoms with van der Waals surface area (Å²) in [5.41, 5.74) is 1.95. The molecule has 4 aromatic rings. The highest BCUT2D eigenvalue weighted by atomic mass is 16.6. The fourth-order valence-electron chi connectivity index (χ4n) is 3.49. The fourth-order valence-corrected chi connectivity index (χ4v) is 3.49. The maximum atomic E-state index is 11.3. The molecule has 0 saturated carbocycles. The third-order valence-corrected chi connectivity index (χ3v) is 5.42. The van der Waals surface area contributed by atoms with Crippen LogP contribution in [0.1, 0.15) is 53.1 Å². The Morgan fingerprint density at radius 2 is 1.09 bits per heavy atom. The van der Waals surface area contributed by atoms with E-state index in [-0.39, 0.29) is 66.3 Å². The Morgan fingerprint density at radius 3 is 1.58 bits per heavy atom. The molecule has 4 rings (SSSR count). The van der Waals surface area contributed by atoms with Crippen molar-refractivity contribution in [3.63, 3.8) is 0 Å². The van der Waals surface area contributed by atoms with Gasteiger partial charge >= 0.3 is 11.9 Å². The Morgan fingerprint density at radius 1 is 0.605 bits per heavy atom. The van der Waals surface area contributed by atoms with Crippen molar-refractivity contribution in [3.05, 3.63) is 107 Å². The highest BCUT2D eigenvalue weighted by Crippen LogP contribution is 2.35. The summed E-state index contributed by atoms with van der Waals surface area (Å²) in [6.07, 6.45) is 0.974. The molecule has 0 aliphatic heterocycles. The smallest absolute Gasteiger partial charge is 0.308 e. The second kappa shape index (κ2) is 16.6. The van der Waals surface area contributed by atoms with Crippen molar-refractivity contribution in [1.29, 1.82) is 0 Å². The molecule has 224 valence electrons. The predicted molar refractivity (Wildman–Crippen MR) is 158 cm³/mol. The van der Waals surface area contributed by atoms with Crippen LogP contribution < -0.4 is 18.9 Å². The molecule has 4 aromatic carbocycles. The summed E-state index contributed by atoms with van der Waals surface area (Å²) in [6, 6.07) is 23.8. The van der Waals surface area contributed by atoms with Crippen LogP contribution in [0.25, 0.3) is 0 Å². The monoisotopic (exact) mass is 588 g/mol. The number of rotatable bonds is 10. The highest BCUT2D eigenvalue weighted by Gasteiger charge is 2.16. The number of esters is 2. The van der Waals surface area contributed by atoms with Crippen LogP contribution in [0.15, 0.2) is 84.9 Å². The van der Waals surface area contributed by atoms with E-state index >= 15 is 0 Å². The van der Waals surface area contributed by atoms with Gasteiger partial charge in [0.2, 0.25) is 0 Å². The molecule has 10 nitrogen and oxygen atoms in total. The lowest BCUT2D eigenvalue weighted by Crippen LogP contribution is -2.08. The predicted octanol–water partition coefficient (Wildman–Crippen LogP) is 6.05. The number of carbonyl (C=O) groups excluding carboxylic acids is 4. The van der Waals surface area contributed by atoms with Gasteiger partial charge in [-0.05, 0) is 23.3 Å². The van der Waals surface area contributed by atoms with Gasteiger partial charge < -0.3 is 29.2 Å². The van der Waals surface area contributed by atoms with Crippen LogP contribution in [0, 0.1) is 0 Å². The van der Waals surface area contributed by atoms with Gasteiger partial charge in [0.25, 0.3) is 0 Å². The maximum Gasteiger partial charge on any atom is 0.308 e. The Hall–Kier alpha value is -5.64. The number of phenolic OH excluding ortho intramolecular Hbond substituents is 2. The zero-order valence-corrected chi connectivity index (χ0v) is 22.8. The largest absolute Gasteiger partial charge is 0.507 e. The van der Waals surface area contributed by atoms with E-state index in [1.165, 1.54) is 38.1 Å². The molecule has 0 aromatic heterocycles. The van der Waals surface area contributed by atoms with Crippen molar-refractivity contribution in [3.8, 4) is 34.5 Å². The lowest BCUT2D eigenvalue weighted by molar-refractivity contribution is -0.133. The first-order valence-electron chi connectivity index (χ1n) is 12.5. The average molecular weight is 589 g/mol. The molecule has 0 bridgehead atoms. The van der Waals surface area contributed by atoms with E-state index in [2.05, 4.69) is 0 Å². The molecule has 0 radical (unpaired) electrons. The zero-order chi connectivity index (χ0) is 30.5. The number of aromatic hydroxyl groups is 2. The van der Waals surface area contributed by atoms with E-state index in [9.17, 15) is 29.4 Å². The number of aldehydes is 2. The highest BCUT2D eigenvalue weighted by molar-refractivity contribution is 5.84. The van der Waals surface area contributed by atoms with Crippen LogP contribution in [-0.4, -0.2) is 34.7 Å². The Labute approximate surface area is 249 Å². The summed E-state index contributed by atoms with van der Waals surface area (Å²) >= 11 is 0. The summed E-state index contributed by atoms with van der Waals surface area (Å²) in [6.45, 7) is 2.95. The van der Waals surface area contributed by atoms with E-state index in [0.29, 0.717) is 12.6 Å². The Bertz CT molecular complexity index is 1530. The minimum absolute atomic E-state index is 0. The molecule has 0 atom stereocenters. The summed E-state index contributed by atoms with van der Waals surface area (Å²) < 4.78 is 21.1. The number of carbonyl (C=O) groups is 4. The lowest BCUT2D eigenvalue weighted by Gasteiger charge is -2.14. The van der Waals surface area contributed by atoms with Gasteiger partial charge in [0, 0.05) is 26.0 Å². The number of benzene rings is 4. The SMILES string of the molecule is C.CC(=O)Oc1cc(OCc2ccccc2)c(OC(C)=O)cc1C=O.O=Cc1cc(O)c(OCc2ccccc2)cc1O. The van der Waals surface area contributed by atoms with Crippen molar-refractivity contribution in [1.82, 2.24) is 0 Å². The van der Waals surface area contributed by atoms with Gasteiger partial charge in [0.15, 0.2) is 35.6 Å². The quantitative estimate of drug-likeness (QED) is 0.0971. The van der Waals surface area contributed by atoms with Gasteiger partial charge in [-0.25, -0.2) is 0 Å². The molecule has 0 unspecified atom stereocenters. The Balaban J connectivity index is 0.000000304. The van der Waals surface area contributed by atoms with Crippen molar-refractivity contribution >= 4 is 24.5 Å². The van der Waals surface area contributed by atoms with Crippen molar-refractivity contribution in [2.45, 2.75) is 34.5 Å². The standard InChI is InChI=1S/C18H16O6.C14H12O4.CH4/c1-12(20)23-16-9-17(22-11-14-6-4-3-5-7-14)18(24-13(2)21)8-15(16)10-19;15-8-11-6-13(17)14(7-12(11)16)18-9-10-4-2-1-3-5-10;/h3-10H,11H2,1-2H3;1-8,16-17H,9H2;1H4. The van der Waals surface area contributed by atoms with Gasteiger partial charge in [0.1, 0.15) is 24.7 Å². The van der Waals surface area contributed by atoms with Crippen molar-refractivity contribution in [2.75, 3.05) is 0 Å². The van der Waals surface area contributed by atoms with E-state index in [4.69, 9.17) is 18.9 Å². The summed E-state index contributed by atoms with van der Waals surface area (Å²) in [4.78, 5) is 44.1. The van der Waals surface area contributed by atoms with Crippen LogP contribution >= 0.6 is 0 Å². The zero-order valence-electron chi connectivity index (χ0n) is 22.8. The molecule has 0 amide bonds. The van der Waals surface area contributed by atoms with Crippen molar-refractivity contribution < 1.29 is 48.3 Å². The second-order valence-electron chi connectivity index (χ2n) is 8.69. The second-order valence-corrected chi connectivity index (χ2v) is 8.69. The summed E-state index contributed by atoms with van der Waals surface area (Å²) in [5.74, 6) is -1.08. The normalized spacial score (nSPS) is 9.72. The molecule has 10 heteroatoms. The number of hydrogen-bond acceptors (Lipinski definition) is 10. The van der Waals surface area contributed by atoms with E-state index < -0.39 is 11.9 Å². The van der Waals surface area contributed by atoms with E-state index in [0.717, 1.165) is 11.1 Å². The maximum absolute atomic E-state index is 11.3. The third kappa shape index (κ3) is 10.4. The van der Waals surface area contributed by atoms with Gasteiger partial charge in [-0.3, -0.25) is 19.2 Å². The number of hydrogen-bond donors (Lipinski definition) is 2. The molecular weight excluding hydrogens is 556 g/mol. The van der Waals surface area contributed by atoms with Gasteiger partial charge in [-0.15, -0.1) is 0 Å². The minimum atomic E-state index is -0.577. The first-order chi connectivity index (χ1) is 20.2. The van der Waals surface area contributed by atoms with Crippen LogP contribution in [-0.2, 0) is 22.8 Å². The van der Waals surface area contributed by atoms with Crippen LogP contribution in [0.5, 0.6) is 34.5 Å². The number of ether oxygens (including phenoxy) is 4. The Kier molecular flexibility index (Phi) is 12.9.